The number of fused-ring (bicyclic) bond motifs is 1. The number of carbonyl (C=O) groups excluding carboxylic acids is 2. The number of likely N-dealkylation sites (N-methyl/N-ethyl adjacent to an activating group) is 1. The van der Waals surface area contributed by atoms with Gasteiger partial charge in [0.15, 0.2) is 11.4 Å². The molecule has 3 rings (SSSR count). The molecule has 1 atom stereocenters. The van der Waals surface area contributed by atoms with Crippen molar-refractivity contribution in [2.75, 3.05) is 11.9 Å². The molecule has 118 valence electrons. The molecular formula is C15H12N2O5S. The van der Waals surface area contributed by atoms with E-state index in [1.165, 1.54) is 35.4 Å². The number of thiophene rings is 1. The highest BCUT2D eigenvalue weighted by Crippen LogP contribution is 2.43. The molecule has 0 saturated carbocycles. The van der Waals surface area contributed by atoms with Crippen LogP contribution in [0, 0.1) is 10.1 Å². The van der Waals surface area contributed by atoms with Gasteiger partial charge in [0, 0.05) is 24.7 Å². The summed E-state index contributed by atoms with van der Waals surface area (Å²) in [6.07, 6.45) is -0.454. The van der Waals surface area contributed by atoms with E-state index in [4.69, 9.17) is 0 Å². The monoisotopic (exact) mass is 332 g/mol. The molecule has 2 heterocycles. The second-order valence-corrected chi connectivity index (χ2v) is 6.21. The summed E-state index contributed by atoms with van der Waals surface area (Å²) in [7, 11) is 1.46. The molecule has 0 saturated heterocycles. The fourth-order valence-electron chi connectivity index (χ4n) is 2.69. The Morgan fingerprint density at radius 2 is 2.17 bits per heavy atom. The van der Waals surface area contributed by atoms with Crippen molar-refractivity contribution in [3.05, 3.63) is 56.3 Å². The van der Waals surface area contributed by atoms with Crippen molar-refractivity contribution in [1.29, 1.82) is 0 Å². The SMILES string of the molecule is CN1C(=O)[C@@](O)(CC(=O)c2cccs2)c2cc([N+](=O)[O-])ccc21. The Labute approximate surface area is 134 Å². The first kappa shape index (κ1) is 15.3. The van der Waals surface area contributed by atoms with Crippen molar-refractivity contribution in [3.8, 4) is 0 Å². The number of rotatable bonds is 4. The molecule has 7 nitrogen and oxygen atoms in total. The summed E-state index contributed by atoms with van der Waals surface area (Å²) in [4.78, 5) is 36.7. The lowest BCUT2D eigenvalue weighted by Crippen LogP contribution is -2.40. The number of anilines is 1. The standard InChI is InChI=1S/C15H12N2O5S/c1-16-11-5-4-9(17(21)22)7-10(11)15(20,14(16)19)8-12(18)13-3-2-6-23-13/h2-7,20H,8H2,1H3/t15-/m1/s1. The molecule has 0 radical (unpaired) electrons. The van der Waals surface area contributed by atoms with Gasteiger partial charge in [0.05, 0.1) is 21.9 Å². The van der Waals surface area contributed by atoms with Crippen molar-refractivity contribution < 1.29 is 19.6 Å². The van der Waals surface area contributed by atoms with E-state index < -0.39 is 22.9 Å². The Morgan fingerprint density at radius 1 is 1.43 bits per heavy atom. The first-order valence-corrected chi connectivity index (χ1v) is 7.58. The molecule has 8 heteroatoms. The minimum Gasteiger partial charge on any atom is -0.375 e. The Balaban J connectivity index is 2.05. The highest BCUT2D eigenvalue weighted by molar-refractivity contribution is 7.12. The van der Waals surface area contributed by atoms with Gasteiger partial charge in [0.1, 0.15) is 0 Å². The summed E-state index contributed by atoms with van der Waals surface area (Å²) in [6, 6.07) is 7.12. The fourth-order valence-corrected chi connectivity index (χ4v) is 3.36. The van der Waals surface area contributed by atoms with Crippen molar-refractivity contribution in [3.63, 3.8) is 0 Å². The molecule has 1 aromatic carbocycles. The first-order valence-electron chi connectivity index (χ1n) is 6.71. The average Bonchev–Trinajstić information content (AvgIpc) is 3.11. The number of nitrogens with zero attached hydrogens (tertiary/aromatic N) is 2. The zero-order chi connectivity index (χ0) is 16.8. The average molecular weight is 332 g/mol. The number of carbonyl (C=O) groups is 2. The predicted molar refractivity (Wildman–Crippen MR) is 83.7 cm³/mol. The third-order valence-corrected chi connectivity index (χ3v) is 4.78. The molecule has 0 aliphatic carbocycles. The maximum Gasteiger partial charge on any atom is 0.269 e. The van der Waals surface area contributed by atoms with Crippen LogP contribution in [0.2, 0.25) is 0 Å². The summed E-state index contributed by atoms with van der Waals surface area (Å²) >= 11 is 1.21. The van der Waals surface area contributed by atoms with Gasteiger partial charge in [-0.3, -0.25) is 19.7 Å². The number of Topliss-reactive ketones (excluding diaryl/α,β-unsaturated/α-hetero) is 1. The number of nitro benzene ring substituents is 1. The second kappa shape index (κ2) is 5.25. The molecule has 23 heavy (non-hydrogen) atoms. The summed E-state index contributed by atoms with van der Waals surface area (Å²) in [5.74, 6) is -1.05. The Morgan fingerprint density at radius 3 is 2.78 bits per heavy atom. The maximum atomic E-state index is 12.4. The molecular weight excluding hydrogens is 320 g/mol. The molecule has 1 aliphatic rings. The lowest BCUT2D eigenvalue weighted by atomic mass is 9.89. The van der Waals surface area contributed by atoms with E-state index in [1.54, 1.807) is 17.5 Å². The summed E-state index contributed by atoms with van der Waals surface area (Å²) in [5, 5.41) is 23.5. The number of hydrogen-bond donors (Lipinski definition) is 1. The predicted octanol–water partition coefficient (Wildman–Crippen LogP) is 2.09. The first-order chi connectivity index (χ1) is 10.8. The number of benzene rings is 1. The van der Waals surface area contributed by atoms with Crippen LogP contribution in [-0.4, -0.2) is 28.8 Å². The number of ketones is 1. The molecule has 1 amide bonds. The van der Waals surface area contributed by atoms with Gasteiger partial charge in [-0.2, -0.15) is 0 Å². The Hall–Kier alpha value is -2.58. The Kier molecular flexibility index (Phi) is 3.50. The quantitative estimate of drug-likeness (QED) is 0.525. The maximum absolute atomic E-state index is 12.4. The van der Waals surface area contributed by atoms with Crippen LogP contribution in [-0.2, 0) is 10.4 Å². The molecule has 1 aromatic heterocycles. The molecule has 0 fully saturated rings. The van der Waals surface area contributed by atoms with Crippen LogP contribution in [0.3, 0.4) is 0 Å². The van der Waals surface area contributed by atoms with Gasteiger partial charge in [-0.05, 0) is 17.5 Å². The minimum atomic E-state index is -2.09. The fraction of sp³-hybridized carbons (Fsp3) is 0.200. The Bertz CT molecular complexity index is 817. The van der Waals surface area contributed by atoms with Crippen molar-refractivity contribution in [2.45, 2.75) is 12.0 Å². The van der Waals surface area contributed by atoms with Crippen LogP contribution in [0.1, 0.15) is 21.7 Å². The minimum absolute atomic E-state index is 0.0871. The second-order valence-electron chi connectivity index (χ2n) is 5.26. The van der Waals surface area contributed by atoms with E-state index in [2.05, 4.69) is 0 Å². The van der Waals surface area contributed by atoms with E-state index in [0.717, 1.165) is 6.07 Å². The van der Waals surface area contributed by atoms with Crippen molar-refractivity contribution >= 4 is 34.4 Å². The lowest BCUT2D eigenvalue weighted by molar-refractivity contribution is -0.385. The third-order valence-electron chi connectivity index (χ3n) is 3.87. The molecule has 0 bridgehead atoms. The number of non-ortho nitro benzene ring substituents is 1. The van der Waals surface area contributed by atoms with Crippen molar-refractivity contribution in [2.24, 2.45) is 0 Å². The van der Waals surface area contributed by atoms with Crippen LogP contribution in [0.25, 0.3) is 0 Å². The third kappa shape index (κ3) is 2.32. The molecule has 0 unspecified atom stereocenters. The van der Waals surface area contributed by atoms with Crippen LogP contribution in [0.5, 0.6) is 0 Å². The van der Waals surface area contributed by atoms with Gasteiger partial charge in [0.25, 0.3) is 11.6 Å². The largest absolute Gasteiger partial charge is 0.375 e. The number of amides is 1. The molecule has 0 spiro atoms. The van der Waals surface area contributed by atoms with Gasteiger partial charge in [0.2, 0.25) is 0 Å². The summed E-state index contributed by atoms with van der Waals surface area (Å²) < 4.78 is 0. The lowest BCUT2D eigenvalue weighted by Gasteiger charge is -2.20. The highest BCUT2D eigenvalue weighted by Gasteiger charge is 2.50. The zero-order valence-electron chi connectivity index (χ0n) is 12.1. The van der Waals surface area contributed by atoms with Gasteiger partial charge in [-0.1, -0.05) is 6.07 Å². The van der Waals surface area contributed by atoms with E-state index in [0.29, 0.717) is 10.6 Å². The molecule has 2 aromatic rings. The summed E-state index contributed by atoms with van der Waals surface area (Å²) in [5.41, 5.74) is -1.88. The van der Waals surface area contributed by atoms with Gasteiger partial charge in [-0.25, -0.2) is 0 Å². The van der Waals surface area contributed by atoms with Crippen LogP contribution < -0.4 is 4.90 Å². The number of aliphatic hydroxyl groups is 1. The van der Waals surface area contributed by atoms with E-state index in [1.807, 2.05) is 0 Å². The van der Waals surface area contributed by atoms with Gasteiger partial charge in [-0.15, -0.1) is 11.3 Å². The van der Waals surface area contributed by atoms with Gasteiger partial charge >= 0.3 is 0 Å². The normalized spacial score (nSPS) is 19.7. The summed E-state index contributed by atoms with van der Waals surface area (Å²) in [6.45, 7) is 0. The number of hydrogen-bond acceptors (Lipinski definition) is 6. The van der Waals surface area contributed by atoms with Crippen LogP contribution >= 0.6 is 11.3 Å². The zero-order valence-corrected chi connectivity index (χ0v) is 12.9. The molecule has 1 aliphatic heterocycles. The van der Waals surface area contributed by atoms with E-state index in [9.17, 15) is 24.8 Å². The van der Waals surface area contributed by atoms with Crippen LogP contribution in [0.4, 0.5) is 11.4 Å². The van der Waals surface area contributed by atoms with Crippen LogP contribution in [0.15, 0.2) is 35.7 Å². The van der Waals surface area contributed by atoms with E-state index >= 15 is 0 Å². The smallest absolute Gasteiger partial charge is 0.269 e. The van der Waals surface area contributed by atoms with E-state index in [-0.39, 0.29) is 17.0 Å². The molecule has 1 N–H and O–H groups in total. The topological polar surface area (TPSA) is 101 Å². The van der Waals surface area contributed by atoms with Gasteiger partial charge < -0.3 is 10.0 Å². The van der Waals surface area contributed by atoms with Crippen molar-refractivity contribution in [1.82, 2.24) is 0 Å². The number of nitro groups is 1. The highest BCUT2D eigenvalue weighted by atomic mass is 32.1.